The van der Waals surface area contributed by atoms with Crippen LogP contribution in [0.2, 0.25) is 0 Å². The van der Waals surface area contributed by atoms with E-state index in [1.165, 1.54) is 0 Å². The van der Waals surface area contributed by atoms with E-state index in [1.807, 2.05) is 13.1 Å². The molecule has 9 heteroatoms. The molecule has 0 amide bonds. The Morgan fingerprint density at radius 2 is 1.72 bits per heavy atom. The lowest BCUT2D eigenvalue weighted by molar-refractivity contribution is 0.122. The van der Waals surface area contributed by atoms with Crippen molar-refractivity contribution in [2.24, 2.45) is 0 Å². The van der Waals surface area contributed by atoms with Crippen LogP contribution in [0, 0.1) is 0 Å². The van der Waals surface area contributed by atoms with Crippen molar-refractivity contribution in [1.29, 1.82) is 0 Å². The predicted octanol–water partition coefficient (Wildman–Crippen LogP) is 3.10. The van der Waals surface area contributed by atoms with Crippen LogP contribution in [0.1, 0.15) is 25.7 Å². The van der Waals surface area contributed by atoms with Crippen LogP contribution in [0.25, 0.3) is 11.0 Å². The largest absolute Gasteiger partial charge is 0.488 e. The van der Waals surface area contributed by atoms with Gasteiger partial charge in [0.25, 0.3) is 0 Å². The second kappa shape index (κ2) is 9.52. The molecule has 168 valence electrons. The van der Waals surface area contributed by atoms with Crippen LogP contribution >= 0.6 is 0 Å². The number of ether oxygens (including phenoxy) is 2. The molecular formula is C23H29N7O2. The third-order valence-electron chi connectivity index (χ3n) is 6.14. The van der Waals surface area contributed by atoms with Gasteiger partial charge in [0.05, 0.1) is 24.8 Å². The Morgan fingerprint density at radius 3 is 2.53 bits per heavy atom. The number of benzene rings is 1. The molecule has 1 saturated carbocycles. The maximum atomic E-state index is 6.51. The minimum atomic E-state index is 0.163. The average Bonchev–Trinajstić information content (AvgIpc) is 2.86. The van der Waals surface area contributed by atoms with Crippen molar-refractivity contribution in [3.63, 3.8) is 0 Å². The maximum Gasteiger partial charge on any atom is 0.149 e. The second-order valence-corrected chi connectivity index (χ2v) is 8.24. The van der Waals surface area contributed by atoms with Crippen LogP contribution in [0.3, 0.4) is 0 Å². The van der Waals surface area contributed by atoms with E-state index in [1.54, 1.807) is 18.7 Å². The molecule has 0 radical (unpaired) electrons. The molecular weight excluding hydrogens is 406 g/mol. The Bertz CT molecular complexity index is 1050. The van der Waals surface area contributed by atoms with Crippen LogP contribution in [0.5, 0.6) is 5.75 Å². The van der Waals surface area contributed by atoms with E-state index in [-0.39, 0.29) is 6.10 Å². The summed E-state index contributed by atoms with van der Waals surface area (Å²) in [4.78, 5) is 19.9. The first-order chi connectivity index (χ1) is 15.8. The fourth-order valence-electron chi connectivity index (χ4n) is 4.41. The van der Waals surface area contributed by atoms with Gasteiger partial charge in [0.15, 0.2) is 0 Å². The van der Waals surface area contributed by atoms with Gasteiger partial charge in [0, 0.05) is 56.4 Å². The van der Waals surface area contributed by atoms with Crippen molar-refractivity contribution >= 4 is 28.4 Å². The molecule has 32 heavy (non-hydrogen) atoms. The van der Waals surface area contributed by atoms with E-state index in [0.717, 1.165) is 86.1 Å². The Balaban J connectivity index is 1.26. The first-order valence-electron chi connectivity index (χ1n) is 11.3. The summed E-state index contributed by atoms with van der Waals surface area (Å²) in [5, 5.41) is 6.58. The number of morpholine rings is 1. The van der Waals surface area contributed by atoms with Crippen LogP contribution < -0.4 is 20.3 Å². The molecule has 2 aromatic heterocycles. The summed E-state index contributed by atoms with van der Waals surface area (Å²) in [6.45, 7) is 3.24. The van der Waals surface area contributed by atoms with Crippen molar-refractivity contribution in [2.45, 2.75) is 37.8 Å². The zero-order valence-electron chi connectivity index (χ0n) is 18.3. The first kappa shape index (κ1) is 20.7. The molecule has 9 nitrogen and oxygen atoms in total. The number of hydrogen-bond acceptors (Lipinski definition) is 9. The Morgan fingerprint density at radius 1 is 0.938 bits per heavy atom. The van der Waals surface area contributed by atoms with E-state index < -0.39 is 0 Å². The van der Waals surface area contributed by atoms with Gasteiger partial charge in [0.1, 0.15) is 29.2 Å². The summed E-state index contributed by atoms with van der Waals surface area (Å²) in [7, 11) is 1.86. The highest BCUT2D eigenvalue weighted by atomic mass is 16.5. The van der Waals surface area contributed by atoms with Crippen LogP contribution in [0.4, 0.5) is 17.3 Å². The van der Waals surface area contributed by atoms with Gasteiger partial charge in [-0.25, -0.2) is 15.0 Å². The van der Waals surface area contributed by atoms with Gasteiger partial charge in [-0.3, -0.25) is 4.98 Å². The third kappa shape index (κ3) is 4.67. The molecule has 2 fully saturated rings. The van der Waals surface area contributed by atoms with E-state index in [0.29, 0.717) is 6.04 Å². The SMILES string of the molecule is CNc1cc(N[C@H]2CC[C@@H](Oc3cc(N4CCOCC4)cc4nccnc34)CC2)ncn1. The quantitative estimate of drug-likeness (QED) is 0.605. The molecule has 3 heterocycles. The van der Waals surface area contributed by atoms with Gasteiger partial charge in [-0.05, 0) is 31.7 Å². The third-order valence-corrected chi connectivity index (χ3v) is 6.14. The molecule has 1 saturated heterocycles. The number of hydrogen-bond donors (Lipinski definition) is 2. The lowest BCUT2D eigenvalue weighted by Gasteiger charge is -2.31. The van der Waals surface area contributed by atoms with Crippen molar-refractivity contribution in [2.75, 3.05) is 48.9 Å². The van der Waals surface area contributed by atoms with E-state index in [2.05, 4.69) is 47.6 Å². The summed E-state index contributed by atoms with van der Waals surface area (Å²) in [5.74, 6) is 2.49. The maximum absolute atomic E-state index is 6.51. The molecule has 1 aromatic carbocycles. The highest BCUT2D eigenvalue weighted by molar-refractivity contribution is 5.85. The highest BCUT2D eigenvalue weighted by Gasteiger charge is 2.24. The van der Waals surface area contributed by atoms with E-state index >= 15 is 0 Å². The van der Waals surface area contributed by atoms with Crippen LogP contribution in [0.15, 0.2) is 36.9 Å². The molecule has 0 atom stereocenters. The van der Waals surface area contributed by atoms with E-state index in [4.69, 9.17) is 9.47 Å². The molecule has 0 unspecified atom stereocenters. The van der Waals surface area contributed by atoms with Crippen molar-refractivity contribution in [3.8, 4) is 5.75 Å². The Kier molecular flexibility index (Phi) is 6.15. The van der Waals surface area contributed by atoms with Gasteiger partial charge in [-0.2, -0.15) is 0 Å². The minimum absolute atomic E-state index is 0.163. The molecule has 1 aliphatic carbocycles. The number of anilines is 3. The van der Waals surface area contributed by atoms with Crippen molar-refractivity contribution in [3.05, 3.63) is 36.9 Å². The number of aromatic nitrogens is 4. The molecule has 2 aliphatic rings. The smallest absolute Gasteiger partial charge is 0.149 e. The van der Waals surface area contributed by atoms with Gasteiger partial charge in [0.2, 0.25) is 0 Å². The fourth-order valence-corrected chi connectivity index (χ4v) is 4.41. The zero-order chi connectivity index (χ0) is 21.8. The standard InChI is InChI=1S/C23H29N7O2/c1-24-21-14-22(28-15-27-21)29-16-2-4-18(5-3-16)32-20-13-17(30-8-10-31-11-9-30)12-19-23(20)26-7-6-25-19/h6-7,12-16,18H,2-5,8-11H2,1H3,(H2,24,27,28,29)/t16-,18+. The van der Waals surface area contributed by atoms with E-state index in [9.17, 15) is 0 Å². The minimum Gasteiger partial charge on any atom is -0.488 e. The second-order valence-electron chi connectivity index (χ2n) is 8.24. The number of rotatable bonds is 6. The lowest BCUT2D eigenvalue weighted by Crippen LogP contribution is -2.36. The molecule has 2 N–H and O–H groups in total. The monoisotopic (exact) mass is 435 g/mol. The average molecular weight is 436 g/mol. The summed E-state index contributed by atoms with van der Waals surface area (Å²) < 4.78 is 12.0. The molecule has 3 aromatic rings. The number of fused-ring (bicyclic) bond motifs is 1. The number of nitrogens with one attached hydrogen (secondary N) is 2. The predicted molar refractivity (Wildman–Crippen MR) is 124 cm³/mol. The lowest BCUT2D eigenvalue weighted by atomic mass is 9.93. The summed E-state index contributed by atoms with van der Waals surface area (Å²) in [6.07, 6.45) is 9.21. The van der Waals surface area contributed by atoms with Gasteiger partial charge >= 0.3 is 0 Å². The van der Waals surface area contributed by atoms with Crippen molar-refractivity contribution in [1.82, 2.24) is 19.9 Å². The zero-order valence-corrected chi connectivity index (χ0v) is 18.3. The fraction of sp³-hybridized carbons (Fsp3) is 0.478. The molecule has 0 bridgehead atoms. The van der Waals surface area contributed by atoms with Gasteiger partial charge in [-0.1, -0.05) is 0 Å². The Labute approximate surface area is 187 Å². The first-order valence-corrected chi connectivity index (χ1v) is 11.3. The topological polar surface area (TPSA) is 97.3 Å². The highest BCUT2D eigenvalue weighted by Crippen LogP contribution is 2.33. The summed E-state index contributed by atoms with van der Waals surface area (Å²) in [6, 6.07) is 6.53. The van der Waals surface area contributed by atoms with Crippen LogP contribution in [-0.2, 0) is 4.74 Å². The van der Waals surface area contributed by atoms with Crippen LogP contribution in [-0.4, -0.2) is 65.4 Å². The molecule has 0 spiro atoms. The normalized spacial score (nSPS) is 21.3. The van der Waals surface area contributed by atoms with Gasteiger partial charge < -0.3 is 25.0 Å². The number of nitrogens with zero attached hydrogens (tertiary/aromatic N) is 5. The van der Waals surface area contributed by atoms with Gasteiger partial charge in [-0.15, -0.1) is 0 Å². The Hall–Kier alpha value is -3.20. The summed E-state index contributed by atoms with van der Waals surface area (Å²) in [5.41, 5.74) is 2.81. The summed E-state index contributed by atoms with van der Waals surface area (Å²) >= 11 is 0. The van der Waals surface area contributed by atoms with Crippen molar-refractivity contribution < 1.29 is 9.47 Å². The molecule has 5 rings (SSSR count). The molecule has 1 aliphatic heterocycles.